The number of nitrogens with zero attached hydrogens (tertiary/aromatic N) is 1. The number of hydrogen-bond acceptors (Lipinski definition) is 2. The molecule has 0 saturated heterocycles. The number of anilines is 1. The summed E-state index contributed by atoms with van der Waals surface area (Å²) in [5.41, 5.74) is 0.498. The number of fused-ring (bicyclic) bond motifs is 1. The van der Waals surface area contributed by atoms with Crippen LogP contribution in [0.15, 0.2) is 42.6 Å². The predicted octanol–water partition coefficient (Wildman–Crippen LogP) is 3.09. The lowest BCUT2D eigenvalue weighted by Gasteiger charge is -2.07. The number of benzene rings is 2. The summed E-state index contributed by atoms with van der Waals surface area (Å²) in [5, 5.41) is 9.63. The van der Waals surface area contributed by atoms with Crippen LogP contribution in [0.1, 0.15) is 10.4 Å². The molecule has 3 rings (SSSR count). The number of H-pyrrole nitrogens is 1. The maximum Gasteiger partial charge on any atom is 0.255 e. The molecule has 0 saturated carbocycles. The number of aromatic nitrogens is 2. The summed E-state index contributed by atoms with van der Waals surface area (Å²) in [6.07, 6.45) is 1.62. The van der Waals surface area contributed by atoms with Crippen LogP contribution in [0.3, 0.4) is 0 Å². The highest BCUT2D eigenvalue weighted by molar-refractivity contribution is 6.06. The zero-order chi connectivity index (χ0) is 14.1. The van der Waals surface area contributed by atoms with E-state index in [1.54, 1.807) is 24.4 Å². The fourth-order valence-electron chi connectivity index (χ4n) is 1.88. The summed E-state index contributed by atoms with van der Waals surface area (Å²) in [6.45, 7) is 0. The molecular formula is C14H9F2N3O. The van der Waals surface area contributed by atoms with Crippen molar-refractivity contribution in [2.75, 3.05) is 5.32 Å². The van der Waals surface area contributed by atoms with Gasteiger partial charge in [-0.1, -0.05) is 12.1 Å². The van der Waals surface area contributed by atoms with Crippen LogP contribution >= 0.6 is 0 Å². The Morgan fingerprint density at radius 2 is 1.90 bits per heavy atom. The molecule has 0 aliphatic carbocycles. The molecule has 1 aromatic heterocycles. The first-order chi connectivity index (χ1) is 9.65. The molecule has 0 atom stereocenters. The maximum atomic E-state index is 13.5. The Balaban J connectivity index is 1.92. The van der Waals surface area contributed by atoms with Gasteiger partial charge in [0, 0.05) is 10.9 Å². The minimum Gasteiger partial charge on any atom is -0.317 e. The lowest BCUT2D eigenvalue weighted by molar-refractivity contribution is 0.102. The Labute approximate surface area is 112 Å². The van der Waals surface area contributed by atoms with Crippen LogP contribution < -0.4 is 5.32 Å². The molecule has 100 valence electrons. The molecule has 4 nitrogen and oxygen atoms in total. The number of hydrogen-bond donors (Lipinski definition) is 2. The molecule has 0 radical (unpaired) electrons. The standard InChI is InChI=1S/C14H9F2N3O/c15-10-2-1-3-11(16)13(10)18-14(20)8-4-5-9-7-17-19-12(9)6-8/h1-7H,(H,17,19)(H,18,20). The van der Waals surface area contributed by atoms with E-state index in [4.69, 9.17) is 0 Å². The Bertz CT molecular complexity index is 778. The van der Waals surface area contributed by atoms with Crippen LogP contribution in [0.2, 0.25) is 0 Å². The third-order valence-corrected chi connectivity index (χ3v) is 2.91. The van der Waals surface area contributed by atoms with E-state index in [2.05, 4.69) is 15.5 Å². The zero-order valence-electron chi connectivity index (χ0n) is 10.2. The SMILES string of the molecule is O=C(Nc1c(F)cccc1F)c1ccc2cn[nH]c2c1. The monoisotopic (exact) mass is 273 g/mol. The highest BCUT2D eigenvalue weighted by Crippen LogP contribution is 2.20. The van der Waals surface area contributed by atoms with E-state index in [0.717, 1.165) is 17.5 Å². The van der Waals surface area contributed by atoms with Gasteiger partial charge in [0.1, 0.15) is 17.3 Å². The number of aromatic amines is 1. The highest BCUT2D eigenvalue weighted by atomic mass is 19.1. The number of carbonyl (C=O) groups is 1. The summed E-state index contributed by atoms with van der Waals surface area (Å²) >= 11 is 0. The molecule has 0 unspecified atom stereocenters. The third-order valence-electron chi connectivity index (χ3n) is 2.91. The van der Waals surface area contributed by atoms with Crippen molar-refractivity contribution in [3.63, 3.8) is 0 Å². The Morgan fingerprint density at radius 1 is 1.15 bits per heavy atom. The first kappa shape index (κ1) is 12.3. The molecule has 0 spiro atoms. The fourth-order valence-corrected chi connectivity index (χ4v) is 1.88. The minimum atomic E-state index is -0.819. The van der Waals surface area contributed by atoms with Gasteiger partial charge in [-0.25, -0.2) is 8.78 Å². The summed E-state index contributed by atoms with van der Waals surface area (Å²) in [6, 6.07) is 8.22. The van der Waals surface area contributed by atoms with Gasteiger partial charge in [-0.15, -0.1) is 0 Å². The van der Waals surface area contributed by atoms with Crippen molar-refractivity contribution < 1.29 is 13.6 Å². The van der Waals surface area contributed by atoms with E-state index in [0.29, 0.717) is 5.52 Å². The van der Waals surface area contributed by atoms with E-state index in [9.17, 15) is 13.6 Å². The summed E-state index contributed by atoms with van der Waals surface area (Å²) in [7, 11) is 0. The predicted molar refractivity (Wildman–Crippen MR) is 70.4 cm³/mol. The minimum absolute atomic E-state index is 0.282. The molecule has 1 amide bonds. The summed E-state index contributed by atoms with van der Waals surface area (Å²) in [5.74, 6) is -2.23. The second-order valence-electron chi connectivity index (χ2n) is 4.22. The highest BCUT2D eigenvalue weighted by Gasteiger charge is 2.13. The van der Waals surface area contributed by atoms with E-state index >= 15 is 0 Å². The van der Waals surface area contributed by atoms with Crippen LogP contribution in [-0.4, -0.2) is 16.1 Å². The first-order valence-corrected chi connectivity index (χ1v) is 5.83. The van der Waals surface area contributed by atoms with E-state index < -0.39 is 23.2 Å². The van der Waals surface area contributed by atoms with E-state index in [-0.39, 0.29) is 5.56 Å². The average Bonchev–Trinajstić information content (AvgIpc) is 2.90. The Hall–Kier alpha value is -2.76. The van der Waals surface area contributed by atoms with Gasteiger partial charge < -0.3 is 5.32 Å². The zero-order valence-corrected chi connectivity index (χ0v) is 10.2. The number of halogens is 2. The van der Waals surface area contributed by atoms with Gasteiger partial charge >= 0.3 is 0 Å². The molecule has 0 bridgehead atoms. The number of para-hydroxylation sites is 1. The maximum absolute atomic E-state index is 13.5. The van der Waals surface area contributed by atoms with Gasteiger partial charge in [-0.2, -0.15) is 5.10 Å². The van der Waals surface area contributed by atoms with Crippen molar-refractivity contribution in [3.8, 4) is 0 Å². The molecule has 0 aliphatic rings. The van der Waals surface area contributed by atoms with Crippen LogP contribution in [-0.2, 0) is 0 Å². The number of amides is 1. The molecule has 1 heterocycles. The largest absolute Gasteiger partial charge is 0.317 e. The Morgan fingerprint density at radius 3 is 2.65 bits per heavy atom. The van der Waals surface area contributed by atoms with Gasteiger partial charge in [0.15, 0.2) is 0 Å². The first-order valence-electron chi connectivity index (χ1n) is 5.83. The fraction of sp³-hybridized carbons (Fsp3) is 0. The normalized spacial score (nSPS) is 10.7. The smallest absolute Gasteiger partial charge is 0.255 e. The van der Waals surface area contributed by atoms with Gasteiger partial charge in [0.25, 0.3) is 5.91 Å². The lowest BCUT2D eigenvalue weighted by Crippen LogP contribution is -2.14. The van der Waals surface area contributed by atoms with E-state index in [1.165, 1.54) is 6.07 Å². The summed E-state index contributed by atoms with van der Waals surface area (Å²) in [4.78, 5) is 12.0. The number of carbonyl (C=O) groups excluding carboxylic acids is 1. The molecular weight excluding hydrogens is 264 g/mol. The second-order valence-corrected chi connectivity index (χ2v) is 4.22. The van der Waals surface area contributed by atoms with Crippen molar-refractivity contribution in [3.05, 3.63) is 59.8 Å². The van der Waals surface area contributed by atoms with Crippen molar-refractivity contribution in [1.29, 1.82) is 0 Å². The molecule has 0 aliphatic heterocycles. The van der Waals surface area contributed by atoms with Crippen LogP contribution in [0.25, 0.3) is 10.9 Å². The summed E-state index contributed by atoms with van der Waals surface area (Å²) < 4.78 is 26.9. The molecule has 2 aromatic carbocycles. The molecule has 6 heteroatoms. The quantitative estimate of drug-likeness (QED) is 0.753. The third kappa shape index (κ3) is 2.11. The average molecular weight is 273 g/mol. The van der Waals surface area contributed by atoms with Gasteiger partial charge in [-0.05, 0) is 24.3 Å². The lowest BCUT2D eigenvalue weighted by atomic mass is 10.1. The number of rotatable bonds is 2. The van der Waals surface area contributed by atoms with Gasteiger partial charge in [0.2, 0.25) is 0 Å². The van der Waals surface area contributed by atoms with Crippen molar-refractivity contribution in [2.24, 2.45) is 0 Å². The van der Waals surface area contributed by atoms with Crippen molar-refractivity contribution in [2.45, 2.75) is 0 Å². The molecule has 3 aromatic rings. The topological polar surface area (TPSA) is 57.8 Å². The molecule has 20 heavy (non-hydrogen) atoms. The van der Waals surface area contributed by atoms with Gasteiger partial charge in [-0.3, -0.25) is 9.89 Å². The van der Waals surface area contributed by atoms with Gasteiger partial charge in [0.05, 0.1) is 11.7 Å². The Kier molecular flexibility index (Phi) is 2.90. The van der Waals surface area contributed by atoms with Crippen molar-refractivity contribution >= 4 is 22.5 Å². The van der Waals surface area contributed by atoms with Crippen molar-refractivity contribution in [1.82, 2.24) is 10.2 Å². The molecule has 0 fully saturated rings. The van der Waals surface area contributed by atoms with E-state index in [1.807, 2.05) is 0 Å². The second kappa shape index (κ2) is 4.73. The van der Waals surface area contributed by atoms with Crippen LogP contribution in [0.5, 0.6) is 0 Å². The number of nitrogens with one attached hydrogen (secondary N) is 2. The molecule has 2 N–H and O–H groups in total. The van der Waals surface area contributed by atoms with Crippen LogP contribution in [0, 0.1) is 11.6 Å². The van der Waals surface area contributed by atoms with Crippen LogP contribution in [0.4, 0.5) is 14.5 Å².